The number of ether oxygens (including phenoxy) is 2. The average molecular weight is 441 g/mol. The van der Waals surface area contributed by atoms with Crippen molar-refractivity contribution in [1.82, 2.24) is 0 Å². The first-order valence-electron chi connectivity index (χ1n) is 10.4. The Balaban J connectivity index is 1.88. The number of hydrogen-bond acceptors (Lipinski definition) is 5. The number of carboxylic acids is 1. The summed E-state index contributed by atoms with van der Waals surface area (Å²) in [6.07, 6.45) is 0.0610. The zero-order valence-electron chi connectivity index (χ0n) is 18.1. The molecule has 0 aromatic heterocycles. The molecular weight excluding hydrogens is 412 g/mol. The maximum Gasteiger partial charge on any atom is 0.335 e. The Hall–Kier alpha value is -2.46. The summed E-state index contributed by atoms with van der Waals surface area (Å²) < 4.78 is 11.4. The second-order valence-corrected chi connectivity index (χ2v) is 9.08. The Morgan fingerprint density at radius 1 is 1.23 bits per heavy atom. The summed E-state index contributed by atoms with van der Waals surface area (Å²) in [5, 5.41) is 19.8. The molecule has 0 saturated heterocycles. The largest absolute Gasteiger partial charge is 0.490 e. The molecule has 1 atom stereocenters. The molecule has 31 heavy (non-hydrogen) atoms. The van der Waals surface area contributed by atoms with E-state index in [4.69, 9.17) is 14.6 Å². The maximum absolute atomic E-state index is 11.0. The van der Waals surface area contributed by atoms with E-state index < -0.39 is 12.1 Å². The Morgan fingerprint density at radius 3 is 2.65 bits per heavy atom. The molecule has 0 aliphatic carbocycles. The lowest BCUT2D eigenvalue weighted by molar-refractivity contribution is 0.0697. The van der Waals surface area contributed by atoms with Crippen molar-refractivity contribution >= 4 is 17.7 Å². The van der Waals surface area contributed by atoms with Gasteiger partial charge in [-0.2, -0.15) is 0 Å². The van der Waals surface area contributed by atoms with Crippen LogP contribution in [0.1, 0.15) is 60.3 Å². The highest BCUT2D eigenvalue weighted by molar-refractivity contribution is 7.99. The predicted molar refractivity (Wildman–Crippen MR) is 122 cm³/mol. The normalized spacial score (nSPS) is 15.4. The van der Waals surface area contributed by atoms with Gasteiger partial charge in [-0.15, -0.1) is 11.8 Å². The van der Waals surface area contributed by atoms with E-state index in [1.54, 1.807) is 23.9 Å². The van der Waals surface area contributed by atoms with Crippen molar-refractivity contribution in [2.75, 3.05) is 25.6 Å². The molecule has 2 N–H and O–H groups in total. The number of benzene rings is 2. The summed E-state index contributed by atoms with van der Waals surface area (Å²) in [6, 6.07) is 10.2. The van der Waals surface area contributed by atoms with E-state index in [1.165, 1.54) is 17.7 Å². The number of carbonyl (C=O) groups is 1. The number of aromatic carboxylic acids is 1. The molecule has 2 aromatic rings. The van der Waals surface area contributed by atoms with Crippen LogP contribution in [0.25, 0.3) is 0 Å². The van der Waals surface area contributed by atoms with Crippen LogP contribution in [0.2, 0.25) is 0 Å². The summed E-state index contributed by atoms with van der Waals surface area (Å²) in [7, 11) is 0. The molecular formula is C25H28O5S. The minimum absolute atomic E-state index is 0.0194. The first-order chi connectivity index (χ1) is 14.8. The molecule has 3 rings (SSSR count). The average Bonchev–Trinajstić information content (AvgIpc) is 2.75. The van der Waals surface area contributed by atoms with Crippen LogP contribution in [-0.2, 0) is 10.2 Å². The van der Waals surface area contributed by atoms with Gasteiger partial charge in [-0.05, 0) is 66.0 Å². The Bertz CT molecular complexity index is 985. The van der Waals surface area contributed by atoms with E-state index in [2.05, 4.69) is 25.7 Å². The van der Waals surface area contributed by atoms with E-state index in [1.807, 2.05) is 19.1 Å². The molecule has 0 saturated carbocycles. The molecule has 0 spiro atoms. The molecule has 1 aliphatic rings. The van der Waals surface area contributed by atoms with E-state index in [0.717, 1.165) is 22.8 Å². The van der Waals surface area contributed by atoms with E-state index >= 15 is 0 Å². The number of carboxylic acid groups (broad SMARTS) is 1. The van der Waals surface area contributed by atoms with Crippen LogP contribution >= 0.6 is 11.8 Å². The molecule has 0 bridgehead atoms. The van der Waals surface area contributed by atoms with Gasteiger partial charge in [0.05, 0.1) is 17.1 Å². The molecule has 0 fully saturated rings. The lowest BCUT2D eigenvalue weighted by Crippen LogP contribution is -2.24. The van der Waals surface area contributed by atoms with Gasteiger partial charge in [-0.3, -0.25) is 0 Å². The van der Waals surface area contributed by atoms with Gasteiger partial charge in [0.1, 0.15) is 18.5 Å². The Kier molecular flexibility index (Phi) is 7.66. The van der Waals surface area contributed by atoms with Gasteiger partial charge < -0.3 is 19.7 Å². The number of fused-ring (bicyclic) bond motifs is 1. The van der Waals surface area contributed by atoms with E-state index in [9.17, 15) is 9.90 Å². The lowest BCUT2D eigenvalue weighted by atomic mass is 9.80. The minimum atomic E-state index is -0.985. The Labute approximate surface area is 187 Å². The zero-order valence-corrected chi connectivity index (χ0v) is 18.9. The third-order valence-electron chi connectivity index (χ3n) is 5.27. The standard InChI is InChI=1S/C25H28O5S/c1-4-29-12-13-30-22-16-19(15-20-23(22)31-14-11-25(20,2)3)21(26)10-7-17-5-8-18(9-6-17)24(27)28/h5-6,8-9,15-16,21,26H,4,11-14H2,1-3H3,(H,27,28). The van der Waals surface area contributed by atoms with Gasteiger partial charge in [0.15, 0.2) is 0 Å². The van der Waals surface area contributed by atoms with Crippen molar-refractivity contribution in [2.45, 2.75) is 43.6 Å². The van der Waals surface area contributed by atoms with Crippen molar-refractivity contribution in [3.8, 4) is 17.6 Å². The number of rotatable bonds is 7. The summed E-state index contributed by atoms with van der Waals surface area (Å²) >= 11 is 1.78. The molecule has 1 unspecified atom stereocenters. The number of thioether (sulfide) groups is 1. The smallest absolute Gasteiger partial charge is 0.335 e. The molecule has 2 aromatic carbocycles. The highest BCUT2D eigenvalue weighted by atomic mass is 32.2. The SMILES string of the molecule is CCOCCOc1cc(C(O)C#Cc2ccc(C(=O)O)cc2)cc2c1SCCC2(C)C. The van der Waals surface area contributed by atoms with Gasteiger partial charge in [0.25, 0.3) is 0 Å². The molecule has 0 radical (unpaired) electrons. The minimum Gasteiger partial charge on any atom is -0.490 e. The van der Waals surface area contributed by atoms with Crippen molar-refractivity contribution in [1.29, 1.82) is 0 Å². The van der Waals surface area contributed by atoms with Crippen LogP contribution in [0.3, 0.4) is 0 Å². The Morgan fingerprint density at radius 2 is 1.97 bits per heavy atom. The molecule has 0 amide bonds. The van der Waals surface area contributed by atoms with Crippen molar-refractivity contribution in [3.05, 3.63) is 58.7 Å². The second kappa shape index (κ2) is 10.2. The van der Waals surface area contributed by atoms with Crippen LogP contribution < -0.4 is 4.74 Å². The molecule has 1 heterocycles. The molecule has 1 aliphatic heterocycles. The highest BCUT2D eigenvalue weighted by Gasteiger charge is 2.31. The van der Waals surface area contributed by atoms with E-state index in [-0.39, 0.29) is 11.0 Å². The quantitative estimate of drug-likeness (QED) is 0.482. The molecule has 5 nitrogen and oxygen atoms in total. The second-order valence-electron chi connectivity index (χ2n) is 7.98. The van der Waals surface area contributed by atoms with Gasteiger partial charge in [0.2, 0.25) is 0 Å². The summed E-state index contributed by atoms with van der Waals surface area (Å²) in [5.74, 6) is 6.61. The topological polar surface area (TPSA) is 76.0 Å². The number of aliphatic hydroxyl groups excluding tert-OH is 1. The van der Waals surface area contributed by atoms with Gasteiger partial charge in [-0.1, -0.05) is 31.8 Å². The van der Waals surface area contributed by atoms with Gasteiger partial charge >= 0.3 is 5.97 Å². The predicted octanol–water partition coefficient (Wildman–Crippen LogP) is 4.66. The fourth-order valence-electron chi connectivity index (χ4n) is 3.37. The molecule has 6 heteroatoms. The zero-order chi connectivity index (χ0) is 22.4. The van der Waals surface area contributed by atoms with Gasteiger partial charge in [0, 0.05) is 12.2 Å². The summed E-state index contributed by atoms with van der Waals surface area (Å²) in [4.78, 5) is 12.1. The van der Waals surface area contributed by atoms with Crippen molar-refractivity contribution in [2.24, 2.45) is 0 Å². The van der Waals surface area contributed by atoms with Crippen LogP contribution in [0.4, 0.5) is 0 Å². The van der Waals surface area contributed by atoms with Crippen LogP contribution in [0.15, 0.2) is 41.3 Å². The fraction of sp³-hybridized carbons (Fsp3) is 0.400. The monoisotopic (exact) mass is 440 g/mol. The third-order valence-corrected chi connectivity index (χ3v) is 6.39. The number of hydrogen-bond donors (Lipinski definition) is 2. The van der Waals surface area contributed by atoms with Crippen molar-refractivity contribution < 1.29 is 24.5 Å². The number of aliphatic hydroxyl groups is 1. The van der Waals surface area contributed by atoms with Crippen LogP contribution in [-0.4, -0.2) is 41.8 Å². The molecule has 164 valence electrons. The van der Waals surface area contributed by atoms with E-state index in [0.29, 0.717) is 30.9 Å². The third kappa shape index (κ3) is 5.82. The van der Waals surface area contributed by atoms with Crippen LogP contribution in [0, 0.1) is 11.8 Å². The lowest BCUT2D eigenvalue weighted by Gasteiger charge is -2.33. The summed E-state index contributed by atoms with van der Waals surface area (Å²) in [6.45, 7) is 7.97. The first kappa shape index (κ1) is 23.2. The van der Waals surface area contributed by atoms with Crippen LogP contribution in [0.5, 0.6) is 5.75 Å². The van der Waals surface area contributed by atoms with Crippen molar-refractivity contribution in [3.63, 3.8) is 0 Å². The highest BCUT2D eigenvalue weighted by Crippen LogP contribution is 2.47. The summed E-state index contributed by atoms with van der Waals surface area (Å²) in [5.41, 5.74) is 2.68. The fourth-order valence-corrected chi connectivity index (χ4v) is 4.94. The van der Waals surface area contributed by atoms with Gasteiger partial charge in [-0.25, -0.2) is 4.79 Å². The first-order valence-corrected chi connectivity index (χ1v) is 11.3. The maximum atomic E-state index is 11.0.